The molecule has 1 aliphatic heterocycles. The van der Waals surface area contributed by atoms with Crippen LogP contribution in [0.4, 0.5) is 11.5 Å². The summed E-state index contributed by atoms with van der Waals surface area (Å²) in [6, 6.07) is 2.02. The molecule has 104 valence electrons. The van der Waals surface area contributed by atoms with Crippen molar-refractivity contribution in [2.45, 2.75) is 19.9 Å². The lowest BCUT2D eigenvalue weighted by Gasteiger charge is -2.37. The number of nitro groups is 1. The van der Waals surface area contributed by atoms with Crippen LogP contribution in [-0.4, -0.2) is 47.0 Å². The maximum atomic E-state index is 11.1. The fourth-order valence-electron chi connectivity index (χ4n) is 2.25. The summed E-state index contributed by atoms with van der Waals surface area (Å²) in [5, 5.41) is 11.1. The first-order valence-electron chi connectivity index (χ1n) is 6.28. The Kier molecular flexibility index (Phi) is 4.36. The van der Waals surface area contributed by atoms with Gasteiger partial charge in [-0.1, -0.05) is 0 Å². The molecule has 0 atom stereocenters. The van der Waals surface area contributed by atoms with Crippen molar-refractivity contribution in [1.82, 2.24) is 9.88 Å². The number of piperazine rings is 1. The second-order valence-electron chi connectivity index (χ2n) is 4.87. The maximum Gasteiger partial charge on any atom is 0.312 e. The molecule has 2 heterocycles. The fraction of sp³-hybridized carbons (Fsp3) is 0.583. The number of rotatable bonds is 3. The zero-order chi connectivity index (χ0) is 14.0. The topological polar surface area (TPSA) is 62.5 Å². The van der Waals surface area contributed by atoms with Crippen LogP contribution in [0.25, 0.3) is 0 Å². The molecule has 0 unspecified atom stereocenters. The first-order valence-corrected chi connectivity index (χ1v) is 7.07. The molecule has 0 aliphatic carbocycles. The van der Waals surface area contributed by atoms with E-state index in [1.54, 1.807) is 6.20 Å². The Balaban J connectivity index is 2.17. The van der Waals surface area contributed by atoms with E-state index in [1.807, 2.05) is 4.90 Å². The minimum absolute atomic E-state index is 0.0624. The molecule has 0 aromatic carbocycles. The Morgan fingerprint density at radius 3 is 2.53 bits per heavy atom. The Labute approximate surface area is 120 Å². The van der Waals surface area contributed by atoms with Gasteiger partial charge in [-0.3, -0.25) is 15.0 Å². The van der Waals surface area contributed by atoms with Crippen molar-refractivity contribution in [3.63, 3.8) is 0 Å². The lowest BCUT2D eigenvalue weighted by atomic mass is 10.2. The van der Waals surface area contributed by atoms with Gasteiger partial charge >= 0.3 is 5.69 Å². The minimum atomic E-state index is -0.373. The number of nitrogens with zero attached hydrogens (tertiary/aromatic N) is 4. The van der Waals surface area contributed by atoms with E-state index in [4.69, 9.17) is 0 Å². The maximum absolute atomic E-state index is 11.1. The molecule has 19 heavy (non-hydrogen) atoms. The summed E-state index contributed by atoms with van der Waals surface area (Å²) in [6.07, 6.45) is 1.61. The molecule has 2 rings (SSSR count). The van der Waals surface area contributed by atoms with Gasteiger partial charge in [0.25, 0.3) is 0 Å². The van der Waals surface area contributed by atoms with Crippen molar-refractivity contribution in [2.24, 2.45) is 0 Å². The lowest BCUT2D eigenvalue weighted by Crippen LogP contribution is -2.49. The number of anilines is 1. The average Bonchev–Trinajstić information content (AvgIpc) is 2.38. The van der Waals surface area contributed by atoms with Crippen LogP contribution in [0.15, 0.2) is 16.7 Å². The highest BCUT2D eigenvalue weighted by Crippen LogP contribution is 2.29. The molecular formula is C12H17BrN4O2. The molecular weight excluding hydrogens is 312 g/mol. The molecule has 1 aromatic rings. The van der Waals surface area contributed by atoms with Crippen molar-refractivity contribution in [1.29, 1.82) is 0 Å². The summed E-state index contributed by atoms with van der Waals surface area (Å²) in [6.45, 7) is 7.69. The van der Waals surface area contributed by atoms with Crippen LogP contribution in [0.1, 0.15) is 13.8 Å². The van der Waals surface area contributed by atoms with Crippen molar-refractivity contribution in [3.8, 4) is 0 Å². The normalized spacial score (nSPS) is 16.9. The quantitative estimate of drug-likeness (QED) is 0.629. The van der Waals surface area contributed by atoms with Gasteiger partial charge in [0.15, 0.2) is 0 Å². The van der Waals surface area contributed by atoms with Crippen LogP contribution in [0.5, 0.6) is 0 Å². The van der Waals surface area contributed by atoms with Gasteiger partial charge in [0.05, 0.1) is 4.92 Å². The molecule has 0 radical (unpaired) electrons. The first-order chi connectivity index (χ1) is 8.99. The van der Waals surface area contributed by atoms with Crippen LogP contribution in [0, 0.1) is 10.1 Å². The summed E-state index contributed by atoms with van der Waals surface area (Å²) in [5.41, 5.74) is 0.0624. The highest BCUT2D eigenvalue weighted by atomic mass is 79.9. The summed E-state index contributed by atoms with van der Waals surface area (Å²) in [4.78, 5) is 19.3. The molecule has 1 saturated heterocycles. The smallest absolute Gasteiger partial charge is 0.312 e. The number of hydrogen-bond acceptors (Lipinski definition) is 5. The van der Waals surface area contributed by atoms with Crippen LogP contribution in [0.2, 0.25) is 0 Å². The third-order valence-corrected chi connectivity index (χ3v) is 3.79. The molecule has 1 aromatic heterocycles. The molecule has 1 aliphatic rings. The third kappa shape index (κ3) is 3.22. The van der Waals surface area contributed by atoms with Crippen LogP contribution in [0.3, 0.4) is 0 Å². The first kappa shape index (κ1) is 14.2. The summed E-state index contributed by atoms with van der Waals surface area (Å²) >= 11 is 3.22. The Hall–Kier alpha value is -1.21. The van der Waals surface area contributed by atoms with Crippen molar-refractivity contribution in [2.75, 3.05) is 31.1 Å². The largest absolute Gasteiger partial charge is 0.348 e. The van der Waals surface area contributed by atoms with Crippen molar-refractivity contribution < 1.29 is 4.92 Å². The monoisotopic (exact) mass is 328 g/mol. The highest BCUT2D eigenvalue weighted by Gasteiger charge is 2.25. The number of pyridine rings is 1. The van der Waals surface area contributed by atoms with Crippen molar-refractivity contribution >= 4 is 27.4 Å². The van der Waals surface area contributed by atoms with E-state index in [-0.39, 0.29) is 10.6 Å². The van der Waals surface area contributed by atoms with E-state index in [0.29, 0.717) is 16.3 Å². The van der Waals surface area contributed by atoms with E-state index >= 15 is 0 Å². The predicted octanol–water partition coefficient (Wildman–Crippen LogP) is 2.28. The Bertz CT molecular complexity index is 473. The molecule has 0 bridgehead atoms. The van der Waals surface area contributed by atoms with Crippen LogP contribution < -0.4 is 4.90 Å². The number of halogens is 1. The van der Waals surface area contributed by atoms with Gasteiger partial charge in [-0.05, 0) is 29.8 Å². The van der Waals surface area contributed by atoms with Gasteiger partial charge in [0, 0.05) is 49.0 Å². The average molecular weight is 329 g/mol. The molecule has 0 amide bonds. The molecule has 0 spiro atoms. The van der Waals surface area contributed by atoms with Gasteiger partial charge in [-0.25, -0.2) is 4.98 Å². The van der Waals surface area contributed by atoms with E-state index < -0.39 is 0 Å². The van der Waals surface area contributed by atoms with E-state index in [9.17, 15) is 10.1 Å². The van der Waals surface area contributed by atoms with Crippen LogP contribution in [-0.2, 0) is 0 Å². The Morgan fingerprint density at radius 2 is 2.00 bits per heavy atom. The van der Waals surface area contributed by atoms with Gasteiger partial charge in [-0.15, -0.1) is 0 Å². The number of aromatic nitrogens is 1. The van der Waals surface area contributed by atoms with Gasteiger partial charge in [0.2, 0.25) is 5.82 Å². The SMILES string of the molecule is CC(C)N1CCN(c2ncc(Br)cc2[N+](=O)[O-])CC1. The summed E-state index contributed by atoms with van der Waals surface area (Å²) in [7, 11) is 0. The van der Waals surface area contributed by atoms with E-state index in [0.717, 1.165) is 26.2 Å². The molecule has 0 saturated carbocycles. The Morgan fingerprint density at radius 1 is 1.37 bits per heavy atom. The summed E-state index contributed by atoms with van der Waals surface area (Å²) in [5.74, 6) is 0.469. The van der Waals surface area contributed by atoms with Gasteiger partial charge < -0.3 is 4.90 Å². The van der Waals surface area contributed by atoms with Gasteiger partial charge in [0.1, 0.15) is 0 Å². The number of hydrogen-bond donors (Lipinski definition) is 0. The van der Waals surface area contributed by atoms with Crippen LogP contribution >= 0.6 is 15.9 Å². The molecule has 0 N–H and O–H groups in total. The second kappa shape index (κ2) is 5.83. The van der Waals surface area contributed by atoms with E-state index in [1.165, 1.54) is 6.07 Å². The zero-order valence-corrected chi connectivity index (χ0v) is 12.6. The highest BCUT2D eigenvalue weighted by molar-refractivity contribution is 9.10. The minimum Gasteiger partial charge on any atom is -0.348 e. The standard InChI is InChI=1S/C12H17BrN4O2/c1-9(2)15-3-5-16(6-4-15)12-11(17(18)19)7-10(13)8-14-12/h7-9H,3-6H2,1-2H3. The molecule has 7 heteroatoms. The molecule has 6 nitrogen and oxygen atoms in total. The zero-order valence-electron chi connectivity index (χ0n) is 11.0. The van der Waals surface area contributed by atoms with Crippen molar-refractivity contribution in [3.05, 3.63) is 26.9 Å². The van der Waals surface area contributed by atoms with E-state index in [2.05, 4.69) is 39.7 Å². The fourth-order valence-corrected chi connectivity index (χ4v) is 2.57. The second-order valence-corrected chi connectivity index (χ2v) is 5.79. The summed E-state index contributed by atoms with van der Waals surface area (Å²) < 4.78 is 0.628. The molecule has 1 fully saturated rings. The van der Waals surface area contributed by atoms with Gasteiger partial charge in [-0.2, -0.15) is 0 Å². The predicted molar refractivity (Wildman–Crippen MR) is 77.5 cm³/mol. The lowest BCUT2D eigenvalue weighted by molar-refractivity contribution is -0.384. The third-order valence-electron chi connectivity index (χ3n) is 3.35.